The van der Waals surface area contributed by atoms with Crippen LogP contribution in [0.1, 0.15) is 39.2 Å². The second-order valence-electron chi connectivity index (χ2n) is 9.69. The van der Waals surface area contributed by atoms with Crippen LogP contribution >= 0.6 is 0 Å². The molecule has 3 aliphatic rings. The van der Waals surface area contributed by atoms with Crippen molar-refractivity contribution < 1.29 is 0 Å². The molecule has 0 N–H and O–H groups in total. The van der Waals surface area contributed by atoms with Gasteiger partial charge < -0.3 is 9.80 Å². The molecule has 5 heteroatoms. The quantitative estimate of drug-likeness (QED) is 0.842. The second kappa shape index (κ2) is 6.20. The summed E-state index contributed by atoms with van der Waals surface area (Å²) < 4.78 is 0. The maximum Gasteiger partial charge on any atom is 0.225 e. The molecule has 25 heavy (non-hydrogen) atoms. The summed E-state index contributed by atoms with van der Waals surface area (Å²) in [6, 6.07) is 0. The van der Waals surface area contributed by atoms with Crippen molar-refractivity contribution >= 4 is 5.95 Å². The molecule has 0 unspecified atom stereocenters. The smallest absolute Gasteiger partial charge is 0.225 e. The maximum absolute atomic E-state index is 4.48. The van der Waals surface area contributed by atoms with Gasteiger partial charge in [0.2, 0.25) is 5.95 Å². The van der Waals surface area contributed by atoms with Gasteiger partial charge in [0, 0.05) is 69.2 Å². The normalized spacial score (nSPS) is 25.0. The number of rotatable bonds is 3. The SMILES string of the molecule is Cc1cnc(N2CCC(CN3CC4(C3)CN(C(C)(C)C)C4)CC2)nc1. The molecule has 1 aromatic rings. The van der Waals surface area contributed by atoms with E-state index in [0.717, 1.165) is 30.5 Å². The average molecular weight is 344 g/mol. The number of hydrogen-bond donors (Lipinski definition) is 0. The lowest BCUT2D eigenvalue weighted by Gasteiger charge is -2.64. The zero-order valence-corrected chi connectivity index (χ0v) is 16.3. The summed E-state index contributed by atoms with van der Waals surface area (Å²) in [7, 11) is 0. The fraction of sp³-hybridized carbons (Fsp3) is 0.800. The van der Waals surface area contributed by atoms with Crippen molar-refractivity contribution in [2.24, 2.45) is 11.3 Å². The van der Waals surface area contributed by atoms with E-state index in [4.69, 9.17) is 0 Å². The van der Waals surface area contributed by atoms with Crippen molar-refractivity contribution in [2.75, 3.05) is 50.7 Å². The van der Waals surface area contributed by atoms with Gasteiger partial charge in [0.1, 0.15) is 0 Å². The minimum atomic E-state index is 0.344. The Morgan fingerprint density at radius 1 is 1.04 bits per heavy atom. The first-order valence-electron chi connectivity index (χ1n) is 9.84. The summed E-state index contributed by atoms with van der Waals surface area (Å²) in [6.07, 6.45) is 6.39. The van der Waals surface area contributed by atoms with Crippen LogP contribution in [-0.2, 0) is 0 Å². The lowest BCUT2D eigenvalue weighted by Crippen LogP contribution is -2.75. The van der Waals surface area contributed by atoms with Gasteiger partial charge in [-0.25, -0.2) is 9.97 Å². The molecule has 5 nitrogen and oxygen atoms in total. The Hall–Kier alpha value is -1.20. The first-order valence-corrected chi connectivity index (χ1v) is 9.84. The molecule has 4 rings (SSSR count). The van der Waals surface area contributed by atoms with E-state index < -0.39 is 0 Å². The zero-order valence-electron chi connectivity index (χ0n) is 16.3. The van der Waals surface area contributed by atoms with Crippen LogP contribution in [0, 0.1) is 18.3 Å². The fourth-order valence-corrected chi connectivity index (χ4v) is 4.70. The molecule has 0 radical (unpaired) electrons. The molecule has 3 fully saturated rings. The van der Waals surface area contributed by atoms with Crippen molar-refractivity contribution in [1.82, 2.24) is 19.8 Å². The van der Waals surface area contributed by atoms with Crippen LogP contribution in [0.2, 0.25) is 0 Å². The summed E-state index contributed by atoms with van der Waals surface area (Å²) in [5.74, 6) is 1.75. The Bertz CT molecular complexity index is 584. The number of likely N-dealkylation sites (tertiary alicyclic amines) is 2. The van der Waals surface area contributed by atoms with Crippen molar-refractivity contribution in [1.29, 1.82) is 0 Å². The van der Waals surface area contributed by atoms with Crippen LogP contribution in [0.3, 0.4) is 0 Å². The highest BCUT2D eigenvalue weighted by atomic mass is 15.3. The maximum atomic E-state index is 4.48. The van der Waals surface area contributed by atoms with Crippen LogP contribution in [-0.4, -0.2) is 71.1 Å². The molecular formula is C20H33N5. The molecular weight excluding hydrogens is 310 g/mol. The summed E-state index contributed by atoms with van der Waals surface area (Å²) in [5, 5.41) is 0. The average Bonchev–Trinajstić information content (AvgIpc) is 2.48. The van der Waals surface area contributed by atoms with E-state index in [1.165, 1.54) is 45.6 Å². The van der Waals surface area contributed by atoms with Crippen LogP contribution in [0.25, 0.3) is 0 Å². The molecule has 0 aromatic carbocycles. The van der Waals surface area contributed by atoms with Gasteiger partial charge in [-0.1, -0.05) is 0 Å². The molecule has 0 saturated carbocycles. The van der Waals surface area contributed by atoms with Crippen LogP contribution in [0.5, 0.6) is 0 Å². The Labute approximate surface area is 152 Å². The van der Waals surface area contributed by atoms with Gasteiger partial charge in [0.05, 0.1) is 0 Å². The first kappa shape index (κ1) is 17.2. The minimum absolute atomic E-state index is 0.344. The predicted octanol–water partition coefficient (Wildman–Crippen LogP) is 2.42. The Kier molecular flexibility index (Phi) is 4.27. The molecule has 0 atom stereocenters. The molecule has 0 aliphatic carbocycles. The number of hydrogen-bond acceptors (Lipinski definition) is 5. The molecule has 3 aliphatic heterocycles. The Balaban J connectivity index is 1.19. The van der Waals surface area contributed by atoms with Crippen LogP contribution in [0.4, 0.5) is 5.95 Å². The Morgan fingerprint density at radius 3 is 2.20 bits per heavy atom. The van der Waals surface area contributed by atoms with Crippen LogP contribution in [0.15, 0.2) is 12.4 Å². The van der Waals surface area contributed by atoms with Gasteiger partial charge in [-0.3, -0.25) is 4.90 Å². The van der Waals surface area contributed by atoms with Gasteiger partial charge in [0.25, 0.3) is 0 Å². The Morgan fingerprint density at radius 2 is 1.64 bits per heavy atom. The number of nitrogens with zero attached hydrogens (tertiary/aromatic N) is 5. The van der Waals surface area contributed by atoms with E-state index in [2.05, 4.69) is 45.4 Å². The first-order chi connectivity index (χ1) is 11.8. The molecule has 0 bridgehead atoms. The van der Waals surface area contributed by atoms with Gasteiger partial charge in [-0.2, -0.15) is 0 Å². The van der Waals surface area contributed by atoms with E-state index in [0.29, 0.717) is 11.0 Å². The van der Waals surface area contributed by atoms with E-state index >= 15 is 0 Å². The summed E-state index contributed by atoms with van der Waals surface area (Å²) in [4.78, 5) is 16.6. The summed E-state index contributed by atoms with van der Waals surface area (Å²) in [6.45, 7) is 17.8. The summed E-state index contributed by atoms with van der Waals surface area (Å²) in [5.41, 5.74) is 2.10. The molecule has 1 aromatic heterocycles. The van der Waals surface area contributed by atoms with E-state index in [1.807, 2.05) is 19.3 Å². The highest BCUT2D eigenvalue weighted by Crippen LogP contribution is 2.43. The standard InChI is InChI=1S/C20H33N5/c1-16-9-21-18(22-10-16)24-7-5-17(6-8-24)11-23-12-20(13-23)14-25(15-20)19(2,3)4/h9-10,17H,5-8,11-15H2,1-4H3. The van der Waals surface area contributed by atoms with Crippen LogP contribution < -0.4 is 4.90 Å². The van der Waals surface area contributed by atoms with E-state index in [1.54, 1.807) is 0 Å². The van der Waals surface area contributed by atoms with Crippen molar-refractivity contribution in [3.05, 3.63) is 18.0 Å². The van der Waals surface area contributed by atoms with Crippen molar-refractivity contribution in [2.45, 2.75) is 46.1 Å². The largest absolute Gasteiger partial charge is 0.341 e. The van der Waals surface area contributed by atoms with Gasteiger partial charge in [-0.05, 0) is 52.0 Å². The summed E-state index contributed by atoms with van der Waals surface area (Å²) >= 11 is 0. The van der Waals surface area contributed by atoms with E-state index in [9.17, 15) is 0 Å². The highest BCUT2D eigenvalue weighted by molar-refractivity contribution is 5.30. The lowest BCUT2D eigenvalue weighted by molar-refractivity contribution is -0.147. The number of aromatic nitrogens is 2. The number of aryl methyl sites for hydroxylation is 1. The van der Waals surface area contributed by atoms with Crippen molar-refractivity contribution in [3.8, 4) is 0 Å². The topological polar surface area (TPSA) is 35.5 Å². The highest BCUT2D eigenvalue weighted by Gasteiger charge is 2.53. The third kappa shape index (κ3) is 3.54. The third-order valence-corrected chi connectivity index (χ3v) is 6.30. The van der Waals surface area contributed by atoms with Gasteiger partial charge in [0.15, 0.2) is 0 Å². The number of anilines is 1. The third-order valence-electron chi connectivity index (χ3n) is 6.30. The fourth-order valence-electron chi connectivity index (χ4n) is 4.70. The monoisotopic (exact) mass is 343 g/mol. The van der Waals surface area contributed by atoms with Crippen molar-refractivity contribution in [3.63, 3.8) is 0 Å². The number of piperidine rings is 1. The van der Waals surface area contributed by atoms with Gasteiger partial charge >= 0.3 is 0 Å². The molecule has 4 heterocycles. The van der Waals surface area contributed by atoms with Gasteiger partial charge in [-0.15, -0.1) is 0 Å². The van der Waals surface area contributed by atoms with E-state index in [-0.39, 0.29) is 0 Å². The second-order valence-corrected chi connectivity index (χ2v) is 9.69. The molecule has 3 saturated heterocycles. The molecule has 0 amide bonds. The minimum Gasteiger partial charge on any atom is -0.341 e. The molecule has 1 spiro atoms. The zero-order chi connectivity index (χ0) is 17.7. The molecule has 138 valence electrons. The predicted molar refractivity (Wildman–Crippen MR) is 102 cm³/mol. The lowest BCUT2D eigenvalue weighted by atomic mass is 9.70.